The minimum absolute atomic E-state index is 0.208. The van der Waals surface area contributed by atoms with Gasteiger partial charge in [0.2, 0.25) is 5.75 Å². The van der Waals surface area contributed by atoms with Crippen LogP contribution in [0.3, 0.4) is 0 Å². The zero-order chi connectivity index (χ0) is 28.9. The lowest BCUT2D eigenvalue weighted by molar-refractivity contribution is 0.0204. The Labute approximate surface area is 246 Å². The number of rotatable bonds is 8. The predicted octanol–water partition coefficient (Wildman–Crippen LogP) is 6.25. The van der Waals surface area contributed by atoms with E-state index in [4.69, 9.17) is 18.9 Å². The van der Waals surface area contributed by atoms with Crippen molar-refractivity contribution < 1.29 is 23.7 Å². The molecule has 2 aliphatic rings. The Balaban J connectivity index is 1.69. The van der Waals surface area contributed by atoms with E-state index in [9.17, 15) is 4.79 Å². The lowest BCUT2D eigenvalue weighted by Crippen LogP contribution is -2.54. The largest absolute Gasteiger partial charge is 0.493 e. The summed E-state index contributed by atoms with van der Waals surface area (Å²) in [6, 6.07) is 12.6. The molecule has 0 saturated carbocycles. The fourth-order valence-corrected chi connectivity index (χ4v) is 5.51. The third-order valence-electron chi connectivity index (χ3n) is 7.24. The number of ether oxygens (including phenoxy) is 4. The fraction of sp³-hybridized carbons (Fsp3) is 0.452. The SMILES string of the molecule is COc1cc(C2(CN(c3ccc(Br)cc3)C3CCN(C(=O)OC(C)(C)C)CC3)C=CC=CN2)cc(OC)c1OC. The number of methoxy groups -OCH3 is 3. The quantitative estimate of drug-likeness (QED) is 0.377. The zero-order valence-electron chi connectivity index (χ0n) is 24.2. The van der Waals surface area contributed by atoms with Crippen LogP contribution in [0.15, 0.2) is 65.3 Å². The molecule has 0 spiro atoms. The fourth-order valence-electron chi connectivity index (χ4n) is 5.25. The third-order valence-corrected chi connectivity index (χ3v) is 7.77. The van der Waals surface area contributed by atoms with Gasteiger partial charge in [-0.1, -0.05) is 28.1 Å². The first-order valence-corrected chi connectivity index (χ1v) is 14.3. The smallest absolute Gasteiger partial charge is 0.410 e. The molecule has 1 fully saturated rings. The van der Waals surface area contributed by atoms with Gasteiger partial charge in [-0.25, -0.2) is 4.79 Å². The average Bonchev–Trinajstić information content (AvgIpc) is 2.95. The highest BCUT2D eigenvalue weighted by molar-refractivity contribution is 9.10. The molecule has 40 heavy (non-hydrogen) atoms. The van der Waals surface area contributed by atoms with E-state index in [2.05, 4.69) is 62.6 Å². The van der Waals surface area contributed by atoms with Crippen LogP contribution in [0.4, 0.5) is 10.5 Å². The first-order valence-electron chi connectivity index (χ1n) is 13.5. The average molecular weight is 615 g/mol. The lowest BCUT2D eigenvalue weighted by Gasteiger charge is -2.45. The summed E-state index contributed by atoms with van der Waals surface area (Å²) < 4.78 is 23.6. The topological polar surface area (TPSA) is 72.5 Å². The number of dihydropyridines is 1. The lowest BCUT2D eigenvalue weighted by atomic mass is 9.85. The molecule has 1 N–H and O–H groups in total. The van der Waals surface area contributed by atoms with Crippen molar-refractivity contribution in [1.29, 1.82) is 0 Å². The van der Waals surface area contributed by atoms with Crippen LogP contribution in [0.2, 0.25) is 0 Å². The van der Waals surface area contributed by atoms with Gasteiger partial charge in [-0.05, 0) is 87.9 Å². The van der Waals surface area contributed by atoms with Gasteiger partial charge in [-0.15, -0.1) is 0 Å². The Morgan fingerprint density at radius 1 is 1.02 bits per heavy atom. The summed E-state index contributed by atoms with van der Waals surface area (Å²) in [6.45, 7) is 7.59. The van der Waals surface area contributed by atoms with Crippen molar-refractivity contribution in [3.05, 3.63) is 70.9 Å². The maximum atomic E-state index is 12.7. The van der Waals surface area contributed by atoms with Crippen molar-refractivity contribution >= 4 is 27.7 Å². The Morgan fingerprint density at radius 2 is 1.65 bits per heavy atom. The second kappa shape index (κ2) is 12.5. The Kier molecular flexibility index (Phi) is 9.23. The monoisotopic (exact) mass is 613 g/mol. The molecule has 2 aliphatic heterocycles. The van der Waals surface area contributed by atoms with Crippen molar-refractivity contribution in [2.45, 2.75) is 50.8 Å². The van der Waals surface area contributed by atoms with E-state index in [1.807, 2.05) is 50.1 Å². The van der Waals surface area contributed by atoms with Crippen LogP contribution in [0, 0.1) is 0 Å². The molecule has 2 aromatic rings. The molecule has 2 heterocycles. The number of nitrogens with zero attached hydrogens (tertiary/aromatic N) is 2. The highest BCUT2D eigenvalue weighted by Gasteiger charge is 2.38. The summed E-state index contributed by atoms with van der Waals surface area (Å²) in [6.07, 6.45) is 9.57. The summed E-state index contributed by atoms with van der Waals surface area (Å²) in [7, 11) is 4.87. The molecule has 0 aliphatic carbocycles. The van der Waals surface area contributed by atoms with Crippen molar-refractivity contribution in [3.63, 3.8) is 0 Å². The van der Waals surface area contributed by atoms with Gasteiger partial charge in [0.15, 0.2) is 11.5 Å². The van der Waals surface area contributed by atoms with Crippen LogP contribution in [0.5, 0.6) is 17.2 Å². The number of likely N-dealkylation sites (tertiary alicyclic amines) is 1. The van der Waals surface area contributed by atoms with Crippen LogP contribution < -0.4 is 24.4 Å². The molecule has 1 saturated heterocycles. The molecular formula is C31H40BrN3O5. The summed E-state index contributed by atoms with van der Waals surface area (Å²) in [5.74, 6) is 1.75. The van der Waals surface area contributed by atoms with Gasteiger partial charge in [-0.2, -0.15) is 0 Å². The van der Waals surface area contributed by atoms with Crippen LogP contribution in [0.25, 0.3) is 0 Å². The summed E-state index contributed by atoms with van der Waals surface area (Å²) >= 11 is 3.58. The van der Waals surface area contributed by atoms with Crippen LogP contribution >= 0.6 is 15.9 Å². The first kappa shape index (κ1) is 29.6. The van der Waals surface area contributed by atoms with Gasteiger partial charge in [0.25, 0.3) is 0 Å². The number of halogens is 1. The number of carbonyl (C=O) groups excluding carboxylic acids is 1. The Morgan fingerprint density at radius 3 is 2.15 bits per heavy atom. The highest BCUT2D eigenvalue weighted by atomic mass is 79.9. The molecule has 9 heteroatoms. The van der Waals surface area contributed by atoms with Crippen molar-refractivity contribution in [2.75, 3.05) is 45.9 Å². The molecule has 1 atom stereocenters. The van der Waals surface area contributed by atoms with E-state index in [-0.39, 0.29) is 12.1 Å². The van der Waals surface area contributed by atoms with E-state index < -0.39 is 11.1 Å². The Hall–Kier alpha value is -3.33. The first-order chi connectivity index (χ1) is 19.1. The number of hydrogen-bond donors (Lipinski definition) is 1. The molecule has 1 unspecified atom stereocenters. The van der Waals surface area contributed by atoms with Crippen molar-refractivity contribution in [2.24, 2.45) is 0 Å². The van der Waals surface area contributed by atoms with Gasteiger partial charge in [-0.3, -0.25) is 0 Å². The number of carbonyl (C=O) groups is 1. The number of amides is 1. The van der Waals surface area contributed by atoms with Gasteiger partial charge in [0, 0.05) is 35.8 Å². The van der Waals surface area contributed by atoms with E-state index in [0.29, 0.717) is 36.9 Å². The standard InChI is InChI=1S/C31H40BrN3O5/c1-30(2,3)40-29(36)34-17-13-25(14-18-34)35(24-11-9-23(32)10-12-24)21-31(15-7-8-16-33-31)22-19-26(37-4)28(39-6)27(20-22)38-5/h7-12,15-16,19-20,25,33H,13-14,17-18,21H2,1-6H3. The van der Waals surface area contributed by atoms with Gasteiger partial charge in [0.05, 0.1) is 26.9 Å². The molecule has 0 radical (unpaired) electrons. The molecule has 4 rings (SSSR count). The summed E-state index contributed by atoms with van der Waals surface area (Å²) in [5.41, 5.74) is 0.986. The van der Waals surface area contributed by atoms with Crippen molar-refractivity contribution in [3.8, 4) is 17.2 Å². The van der Waals surface area contributed by atoms with E-state index in [1.54, 1.807) is 21.3 Å². The number of benzene rings is 2. The molecule has 2 aromatic carbocycles. The highest BCUT2D eigenvalue weighted by Crippen LogP contribution is 2.42. The normalized spacial score (nSPS) is 19.1. The maximum absolute atomic E-state index is 12.7. The third kappa shape index (κ3) is 6.69. The second-order valence-corrected chi connectivity index (χ2v) is 12.0. The van der Waals surface area contributed by atoms with Crippen molar-refractivity contribution in [1.82, 2.24) is 10.2 Å². The number of hydrogen-bond acceptors (Lipinski definition) is 7. The van der Waals surface area contributed by atoms with E-state index >= 15 is 0 Å². The number of piperidine rings is 1. The number of allylic oxidation sites excluding steroid dienone is 2. The van der Waals surface area contributed by atoms with E-state index in [1.165, 1.54) is 0 Å². The number of anilines is 1. The summed E-state index contributed by atoms with van der Waals surface area (Å²) in [4.78, 5) is 17.0. The van der Waals surface area contributed by atoms with Crippen LogP contribution in [-0.4, -0.2) is 63.6 Å². The van der Waals surface area contributed by atoms with E-state index in [0.717, 1.165) is 28.6 Å². The molecular weight excluding hydrogens is 574 g/mol. The molecule has 216 valence electrons. The van der Waals surface area contributed by atoms with Gasteiger partial charge < -0.3 is 34.1 Å². The number of nitrogens with one attached hydrogen (secondary N) is 1. The maximum Gasteiger partial charge on any atom is 0.410 e. The molecule has 0 aromatic heterocycles. The molecule has 0 bridgehead atoms. The second-order valence-electron chi connectivity index (χ2n) is 11.1. The van der Waals surface area contributed by atoms with Crippen LogP contribution in [-0.2, 0) is 10.3 Å². The minimum Gasteiger partial charge on any atom is -0.493 e. The zero-order valence-corrected chi connectivity index (χ0v) is 25.8. The summed E-state index contributed by atoms with van der Waals surface area (Å²) in [5, 5.41) is 3.64. The Bertz CT molecular complexity index is 1210. The molecule has 1 amide bonds. The van der Waals surface area contributed by atoms with Crippen LogP contribution in [0.1, 0.15) is 39.2 Å². The van der Waals surface area contributed by atoms with Gasteiger partial charge >= 0.3 is 6.09 Å². The minimum atomic E-state index is -0.586. The predicted molar refractivity (Wildman–Crippen MR) is 162 cm³/mol. The molecule has 8 nitrogen and oxygen atoms in total. The van der Waals surface area contributed by atoms with Gasteiger partial charge in [0.1, 0.15) is 5.60 Å².